The van der Waals surface area contributed by atoms with Crippen molar-refractivity contribution in [2.75, 3.05) is 19.6 Å². The highest BCUT2D eigenvalue weighted by Gasteiger charge is 2.28. The van der Waals surface area contributed by atoms with E-state index in [1.165, 1.54) is 17.9 Å². The first-order valence-electron chi connectivity index (χ1n) is 6.23. The lowest BCUT2D eigenvalue weighted by Gasteiger charge is -2.30. The van der Waals surface area contributed by atoms with Crippen molar-refractivity contribution in [1.82, 2.24) is 19.4 Å². The molecular formula is C11H16ClN5O2S. The van der Waals surface area contributed by atoms with E-state index >= 15 is 0 Å². The fourth-order valence-corrected chi connectivity index (χ4v) is 4.25. The van der Waals surface area contributed by atoms with Crippen LogP contribution in [0.3, 0.4) is 0 Å². The second-order valence-electron chi connectivity index (χ2n) is 4.75. The minimum atomic E-state index is -3.67. The van der Waals surface area contributed by atoms with Crippen molar-refractivity contribution in [1.29, 1.82) is 5.26 Å². The number of likely N-dealkylation sites (tertiary alicyclic amines) is 1. The molecule has 7 nitrogen and oxygen atoms in total. The summed E-state index contributed by atoms with van der Waals surface area (Å²) < 4.78 is 28.5. The molecule has 0 bridgehead atoms. The predicted octanol–water partition coefficient (Wildman–Crippen LogP) is 0.340. The molecule has 0 amide bonds. The molecule has 0 aromatic carbocycles. The first-order valence-corrected chi connectivity index (χ1v) is 8.09. The average molecular weight is 318 g/mol. The Kier molecular flexibility index (Phi) is 4.65. The van der Waals surface area contributed by atoms with Gasteiger partial charge in [-0.1, -0.05) is 11.6 Å². The molecule has 0 spiro atoms. The molecule has 110 valence electrons. The number of nitrogens with one attached hydrogen (secondary N) is 1. The maximum absolute atomic E-state index is 12.3. The highest BCUT2D eigenvalue weighted by atomic mass is 35.5. The van der Waals surface area contributed by atoms with Crippen LogP contribution in [-0.4, -0.2) is 48.8 Å². The van der Waals surface area contributed by atoms with Gasteiger partial charge in [0.15, 0.2) is 5.03 Å². The van der Waals surface area contributed by atoms with Gasteiger partial charge in [-0.25, -0.2) is 13.1 Å². The Morgan fingerprint density at radius 2 is 2.20 bits per heavy atom. The molecule has 0 saturated carbocycles. The van der Waals surface area contributed by atoms with Crippen LogP contribution in [0.1, 0.15) is 12.8 Å². The van der Waals surface area contributed by atoms with E-state index in [0.717, 1.165) is 0 Å². The number of rotatable bonds is 4. The highest BCUT2D eigenvalue weighted by Crippen LogP contribution is 2.21. The monoisotopic (exact) mass is 317 g/mol. The second-order valence-corrected chi connectivity index (χ2v) is 6.79. The third kappa shape index (κ3) is 3.30. The number of hydrogen-bond acceptors (Lipinski definition) is 5. The van der Waals surface area contributed by atoms with Crippen LogP contribution in [0, 0.1) is 11.3 Å². The van der Waals surface area contributed by atoms with E-state index in [2.05, 4.69) is 15.9 Å². The smallest absolute Gasteiger partial charge is 0.259 e. The average Bonchev–Trinajstić information content (AvgIpc) is 2.72. The normalized spacial score (nSPS) is 18.1. The van der Waals surface area contributed by atoms with Crippen molar-refractivity contribution in [2.45, 2.75) is 23.9 Å². The summed E-state index contributed by atoms with van der Waals surface area (Å²) in [6.07, 6.45) is 2.67. The summed E-state index contributed by atoms with van der Waals surface area (Å²) in [7, 11) is -2.14. The van der Waals surface area contributed by atoms with Gasteiger partial charge in [0.1, 0.15) is 0 Å². The van der Waals surface area contributed by atoms with Gasteiger partial charge in [0.05, 0.1) is 23.8 Å². The first kappa shape index (κ1) is 15.3. The summed E-state index contributed by atoms with van der Waals surface area (Å²) in [4.78, 5) is 2.00. The Bertz CT molecular complexity index is 594. The Labute approximate surface area is 123 Å². The number of nitriles is 1. The molecule has 9 heteroatoms. The van der Waals surface area contributed by atoms with Crippen molar-refractivity contribution in [3.63, 3.8) is 0 Å². The highest BCUT2D eigenvalue weighted by molar-refractivity contribution is 7.89. The quantitative estimate of drug-likeness (QED) is 0.809. The zero-order chi connectivity index (χ0) is 14.8. The van der Waals surface area contributed by atoms with Crippen LogP contribution in [0.25, 0.3) is 0 Å². The zero-order valence-electron chi connectivity index (χ0n) is 11.1. The van der Waals surface area contributed by atoms with Gasteiger partial charge in [0, 0.05) is 26.2 Å². The van der Waals surface area contributed by atoms with Crippen molar-refractivity contribution in [2.24, 2.45) is 7.05 Å². The summed E-state index contributed by atoms with van der Waals surface area (Å²) in [5, 5.41) is 12.6. The van der Waals surface area contributed by atoms with Crippen molar-refractivity contribution in [3.05, 3.63) is 11.2 Å². The van der Waals surface area contributed by atoms with E-state index in [4.69, 9.17) is 16.9 Å². The molecule has 1 aromatic rings. The molecule has 1 N–H and O–H groups in total. The van der Waals surface area contributed by atoms with Gasteiger partial charge < -0.3 is 0 Å². The number of hydrogen-bond donors (Lipinski definition) is 1. The molecule has 0 atom stereocenters. The van der Waals surface area contributed by atoms with Crippen LogP contribution >= 0.6 is 11.6 Å². The number of nitrogens with zero attached hydrogens (tertiary/aromatic N) is 4. The number of aryl methyl sites for hydroxylation is 1. The number of halogens is 1. The van der Waals surface area contributed by atoms with Gasteiger partial charge >= 0.3 is 0 Å². The van der Waals surface area contributed by atoms with E-state index in [0.29, 0.717) is 32.5 Å². The lowest BCUT2D eigenvalue weighted by atomic mass is 10.1. The number of aromatic nitrogens is 2. The minimum Gasteiger partial charge on any atom is -0.290 e. The third-order valence-electron chi connectivity index (χ3n) is 3.30. The topological polar surface area (TPSA) is 91.0 Å². The zero-order valence-corrected chi connectivity index (χ0v) is 12.7. The van der Waals surface area contributed by atoms with E-state index in [9.17, 15) is 8.42 Å². The molecule has 1 aliphatic rings. The van der Waals surface area contributed by atoms with Crippen molar-refractivity contribution >= 4 is 21.6 Å². The molecule has 0 unspecified atom stereocenters. The van der Waals surface area contributed by atoms with Gasteiger partial charge in [-0.3, -0.25) is 9.58 Å². The largest absolute Gasteiger partial charge is 0.290 e. The van der Waals surface area contributed by atoms with E-state index in [-0.39, 0.29) is 16.1 Å². The van der Waals surface area contributed by atoms with Crippen molar-refractivity contribution < 1.29 is 8.42 Å². The van der Waals surface area contributed by atoms with E-state index in [1.54, 1.807) is 0 Å². The van der Waals surface area contributed by atoms with E-state index in [1.807, 2.05) is 4.90 Å². The summed E-state index contributed by atoms with van der Waals surface area (Å²) in [6, 6.07) is 1.96. The Balaban J connectivity index is 2.03. The molecule has 2 rings (SSSR count). The van der Waals surface area contributed by atoms with Gasteiger partial charge in [-0.05, 0) is 12.8 Å². The minimum absolute atomic E-state index is 0.0152. The van der Waals surface area contributed by atoms with Crippen molar-refractivity contribution in [3.8, 4) is 6.07 Å². The SMILES string of the molecule is Cn1ncc(Cl)c1S(=O)(=O)NC1CCN(CC#N)CC1. The molecule has 2 heterocycles. The molecule has 20 heavy (non-hydrogen) atoms. The summed E-state index contributed by atoms with van der Waals surface area (Å²) in [6.45, 7) is 1.80. The lowest BCUT2D eigenvalue weighted by Crippen LogP contribution is -2.45. The van der Waals surface area contributed by atoms with Gasteiger partial charge in [0.25, 0.3) is 10.0 Å². The second kappa shape index (κ2) is 6.10. The van der Waals surface area contributed by atoms with Crippen LogP contribution < -0.4 is 4.72 Å². The summed E-state index contributed by atoms with van der Waals surface area (Å²) in [5.41, 5.74) is 0. The molecule has 0 aliphatic carbocycles. The van der Waals surface area contributed by atoms with Crippen LogP contribution in [0.4, 0.5) is 0 Å². The molecular weight excluding hydrogens is 302 g/mol. The fourth-order valence-electron chi connectivity index (χ4n) is 2.29. The Morgan fingerprint density at radius 3 is 2.70 bits per heavy atom. The standard InChI is InChI=1S/C11H16ClN5O2S/c1-16-11(10(12)8-14-16)20(18,19)15-9-2-5-17(6-3-9)7-4-13/h8-9,15H,2-3,5-7H2,1H3. The van der Waals surface area contributed by atoms with Crippen LogP contribution in [-0.2, 0) is 17.1 Å². The number of sulfonamides is 1. The first-order chi connectivity index (χ1) is 9.44. The summed E-state index contributed by atoms with van der Waals surface area (Å²) in [5.74, 6) is 0. The van der Waals surface area contributed by atoms with Crippen LogP contribution in [0.15, 0.2) is 11.2 Å². The lowest BCUT2D eigenvalue weighted by molar-refractivity contribution is 0.228. The Morgan fingerprint density at radius 1 is 1.55 bits per heavy atom. The Hall–Kier alpha value is -1.14. The fraction of sp³-hybridized carbons (Fsp3) is 0.636. The van der Waals surface area contributed by atoms with E-state index < -0.39 is 10.0 Å². The van der Waals surface area contributed by atoms with Gasteiger partial charge in [-0.2, -0.15) is 10.4 Å². The molecule has 1 aromatic heterocycles. The van der Waals surface area contributed by atoms with Gasteiger partial charge in [0.2, 0.25) is 0 Å². The van der Waals surface area contributed by atoms with Crippen LogP contribution in [0.5, 0.6) is 0 Å². The molecule has 0 radical (unpaired) electrons. The maximum Gasteiger partial charge on any atom is 0.259 e. The third-order valence-corrected chi connectivity index (χ3v) is 5.33. The maximum atomic E-state index is 12.3. The van der Waals surface area contributed by atoms with Gasteiger partial charge in [-0.15, -0.1) is 0 Å². The predicted molar refractivity (Wildman–Crippen MR) is 73.6 cm³/mol. The molecule has 1 saturated heterocycles. The summed E-state index contributed by atoms with van der Waals surface area (Å²) >= 11 is 5.86. The molecule has 1 fully saturated rings. The molecule has 1 aliphatic heterocycles. The van der Waals surface area contributed by atoms with Crippen LogP contribution in [0.2, 0.25) is 5.02 Å². The number of piperidine rings is 1.